The van der Waals surface area contributed by atoms with Crippen LogP contribution in [-0.4, -0.2) is 44.4 Å². The molecule has 0 unspecified atom stereocenters. The van der Waals surface area contributed by atoms with Crippen LogP contribution >= 0.6 is 0 Å². The number of nitrogens with one attached hydrogen (secondary N) is 3. The van der Waals surface area contributed by atoms with E-state index in [1.165, 1.54) is 19.2 Å². The summed E-state index contributed by atoms with van der Waals surface area (Å²) in [4.78, 5) is 15.5. The van der Waals surface area contributed by atoms with Crippen LogP contribution < -0.4 is 20.7 Å². The molecule has 0 spiro atoms. The maximum absolute atomic E-state index is 13.9. The van der Waals surface area contributed by atoms with E-state index >= 15 is 0 Å². The Balaban J connectivity index is 2.42. The van der Waals surface area contributed by atoms with E-state index in [0.29, 0.717) is 25.5 Å². The Hall–Kier alpha value is -2.65. The summed E-state index contributed by atoms with van der Waals surface area (Å²) >= 11 is 0. The Morgan fingerprint density at radius 3 is 2.46 bits per heavy atom. The molecule has 10 heteroatoms. The van der Waals surface area contributed by atoms with Crippen molar-refractivity contribution in [2.45, 2.75) is 45.9 Å². The van der Waals surface area contributed by atoms with Gasteiger partial charge in [0.15, 0.2) is 5.96 Å². The van der Waals surface area contributed by atoms with E-state index < -0.39 is 24.1 Å². The number of guanidine groups is 1. The van der Waals surface area contributed by atoms with E-state index in [1.807, 2.05) is 0 Å². The Labute approximate surface area is 162 Å². The summed E-state index contributed by atoms with van der Waals surface area (Å²) in [7, 11) is 1.52. The largest absolute Gasteiger partial charge is 0.444 e. The van der Waals surface area contributed by atoms with Gasteiger partial charge in [0.05, 0.1) is 0 Å². The number of aliphatic imine (C=N–C) groups is 1. The predicted molar refractivity (Wildman–Crippen MR) is 100 cm³/mol. The predicted octanol–water partition coefficient (Wildman–Crippen LogP) is 3.01. The summed E-state index contributed by atoms with van der Waals surface area (Å²) in [5.74, 6) is -0.550. The fourth-order valence-corrected chi connectivity index (χ4v) is 2.11. The zero-order valence-corrected chi connectivity index (χ0v) is 16.4. The molecule has 158 valence electrons. The number of benzene rings is 1. The number of carbonyl (C=O) groups excluding carboxylic acids is 1. The molecule has 0 aromatic heterocycles. The van der Waals surface area contributed by atoms with Crippen molar-refractivity contribution in [1.82, 2.24) is 16.0 Å². The second-order valence-electron chi connectivity index (χ2n) is 6.73. The van der Waals surface area contributed by atoms with Crippen molar-refractivity contribution in [2.24, 2.45) is 4.99 Å². The number of ether oxygens (including phenoxy) is 2. The lowest BCUT2D eigenvalue weighted by Crippen LogP contribution is -2.39. The minimum absolute atomic E-state index is 0.0302. The highest BCUT2D eigenvalue weighted by molar-refractivity contribution is 5.79. The molecule has 0 bridgehead atoms. The van der Waals surface area contributed by atoms with Crippen LogP contribution in [0.15, 0.2) is 23.2 Å². The monoisotopic (exact) mass is 404 g/mol. The molecule has 1 amide bonds. The lowest BCUT2D eigenvalue weighted by atomic mass is 10.2. The third-order valence-electron chi connectivity index (χ3n) is 3.26. The lowest BCUT2D eigenvalue weighted by Gasteiger charge is -2.19. The molecular weight excluding hydrogens is 377 g/mol. The molecule has 7 nitrogen and oxygen atoms in total. The lowest BCUT2D eigenvalue weighted by molar-refractivity contribution is -0.0506. The van der Waals surface area contributed by atoms with Crippen molar-refractivity contribution in [3.63, 3.8) is 0 Å². The van der Waals surface area contributed by atoms with Crippen LogP contribution in [-0.2, 0) is 11.3 Å². The summed E-state index contributed by atoms with van der Waals surface area (Å²) in [5, 5.41) is 8.43. The van der Waals surface area contributed by atoms with E-state index in [0.717, 1.165) is 6.07 Å². The maximum Gasteiger partial charge on any atom is 0.407 e. The van der Waals surface area contributed by atoms with Crippen molar-refractivity contribution in [3.8, 4) is 5.75 Å². The molecule has 0 radical (unpaired) electrons. The Morgan fingerprint density at radius 1 is 1.18 bits per heavy atom. The summed E-state index contributed by atoms with van der Waals surface area (Å²) in [6.07, 6.45) is 0.0838. The first-order valence-electron chi connectivity index (χ1n) is 8.76. The summed E-state index contributed by atoms with van der Waals surface area (Å²) in [5.41, 5.74) is -0.592. The van der Waals surface area contributed by atoms with Crippen LogP contribution in [0.2, 0.25) is 0 Å². The molecule has 0 saturated heterocycles. The minimum atomic E-state index is -3.05. The zero-order valence-electron chi connectivity index (χ0n) is 16.4. The molecule has 1 aromatic rings. The average Bonchev–Trinajstić information content (AvgIpc) is 2.57. The number of hydrogen-bond acceptors (Lipinski definition) is 4. The van der Waals surface area contributed by atoms with Gasteiger partial charge in [0, 0.05) is 32.2 Å². The maximum atomic E-state index is 13.9. The van der Waals surface area contributed by atoms with Gasteiger partial charge in [-0.25, -0.2) is 9.18 Å². The van der Waals surface area contributed by atoms with Gasteiger partial charge in [0.25, 0.3) is 0 Å². The highest BCUT2D eigenvalue weighted by Gasteiger charge is 2.16. The van der Waals surface area contributed by atoms with Crippen LogP contribution in [0.3, 0.4) is 0 Å². The highest BCUT2D eigenvalue weighted by atomic mass is 19.3. The van der Waals surface area contributed by atoms with Gasteiger partial charge in [-0.2, -0.15) is 8.78 Å². The normalized spacial score (nSPS) is 11.9. The van der Waals surface area contributed by atoms with Gasteiger partial charge in [-0.3, -0.25) is 4.99 Å². The molecule has 0 heterocycles. The number of carbonyl (C=O) groups is 1. The second kappa shape index (κ2) is 11.3. The van der Waals surface area contributed by atoms with Crippen LogP contribution in [0, 0.1) is 5.82 Å². The summed E-state index contributed by atoms with van der Waals surface area (Å²) in [6, 6.07) is 3.72. The second-order valence-corrected chi connectivity index (χ2v) is 6.73. The Kier molecular flexibility index (Phi) is 9.40. The molecule has 3 N–H and O–H groups in total. The third kappa shape index (κ3) is 9.33. The van der Waals surface area contributed by atoms with Crippen LogP contribution in [0.5, 0.6) is 5.75 Å². The first-order valence-corrected chi connectivity index (χ1v) is 8.76. The first-order chi connectivity index (χ1) is 13.1. The first kappa shape index (κ1) is 23.4. The smallest absolute Gasteiger partial charge is 0.407 e. The van der Waals surface area contributed by atoms with Gasteiger partial charge < -0.3 is 25.4 Å². The topological polar surface area (TPSA) is 84.0 Å². The van der Waals surface area contributed by atoms with Gasteiger partial charge in [-0.05, 0) is 39.3 Å². The van der Waals surface area contributed by atoms with Gasteiger partial charge in [-0.1, -0.05) is 6.07 Å². The van der Waals surface area contributed by atoms with E-state index in [2.05, 4.69) is 25.7 Å². The molecule has 0 aliphatic heterocycles. The minimum Gasteiger partial charge on any atom is -0.444 e. The molecule has 1 rings (SSSR count). The van der Waals surface area contributed by atoms with Gasteiger partial charge in [0.2, 0.25) is 0 Å². The number of alkyl carbamates (subject to hydrolysis) is 1. The quantitative estimate of drug-likeness (QED) is 0.352. The number of amides is 1. The fraction of sp³-hybridized carbons (Fsp3) is 0.556. The number of nitrogens with zero attached hydrogens (tertiary/aromatic N) is 1. The molecule has 28 heavy (non-hydrogen) atoms. The molecule has 0 aliphatic carbocycles. The molecule has 0 atom stereocenters. The summed E-state index contributed by atoms with van der Waals surface area (Å²) < 4.78 is 48.3. The van der Waals surface area contributed by atoms with E-state index in [4.69, 9.17) is 4.74 Å². The van der Waals surface area contributed by atoms with Crippen molar-refractivity contribution in [2.75, 3.05) is 20.1 Å². The van der Waals surface area contributed by atoms with Crippen molar-refractivity contribution in [1.29, 1.82) is 0 Å². The molecule has 0 fully saturated rings. The Morgan fingerprint density at radius 2 is 1.86 bits per heavy atom. The van der Waals surface area contributed by atoms with Crippen molar-refractivity contribution >= 4 is 12.1 Å². The Bertz CT molecular complexity index is 664. The highest BCUT2D eigenvalue weighted by Crippen LogP contribution is 2.23. The molecule has 1 aromatic carbocycles. The average molecular weight is 404 g/mol. The number of halogens is 3. The molecule has 0 aliphatic rings. The zero-order chi connectivity index (χ0) is 21.2. The summed E-state index contributed by atoms with van der Waals surface area (Å²) in [6.45, 7) is 3.04. The van der Waals surface area contributed by atoms with Gasteiger partial charge >= 0.3 is 12.7 Å². The van der Waals surface area contributed by atoms with E-state index in [9.17, 15) is 18.0 Å². The number of alkyl halides is 2. The molecular formula is C18H27F3N4O3. The fourth-order valence-electron chi connectivity index (χ4n) is 2.11. The van der Waals surface area contributed by atoms with E-state index in [1.54, 1.807) is 20.8 Å². The van der Waals surface area contributed by atoms with Gasteiger partial charge in [-0.15, -0.1) is 0 Å². The third-order valence-corrected chi connectivity index (χ3v) is 3.26. The standard InChI is InChI=1S/C18H27F3N4O3/c1-18(2,3)28-17(26)24-10-6-9-23-16(22-4)25-11-12-13(19)7-5-8-14(12)27-15(20)21/h5,7-8,15H,6,9-11H2,1-4H3,(H,24,26)(H2,22,23,25). The van der Waals surface area contributed by atoms with Crippen LogP contribution in [0.25, 0.3) is 0 Å². The van der Waals surface area contributed by atoms with Crippen LogP contribution in [0.1, 0.15) is 32.8 Å². The molecule has 0 saturated carbocycles. The van der Waals surface area contributed by atoms with Gasteiger partial charge in [0.1, 0.15) is 17.2 Å². The number of rotatable bonds is 8. The SMILES string of the molecule is CN=C(NCCCNC(=O)OC(C)(C)C)NCc1c(F)cccc1OC(F)F. The van der Waals surface area contributed by atoms with Crippen molar-refractivity contribution < 1.29 is 27.4 Å². The number of hydrogen-bond donors (Lipinski definition) is 3. The van der Waals surface area contributed by atoms with Crippen LogP contribution in [0.4, 0.5) is 18.0 Å². The van der Waals surface area contributed by atoms with E-state index in [-0.39, 0.29) is 17.9 Å². The van der Waals surface area contributed by atoms with Crippen molar-refractivity contribution in [3.05, 3.63) is 29.6 Å².